The van der Waals surface area contributed by atoms with E-state index in [2.05, 4.69) is 66.5 Å². The molecule has 1 aromatic carbocycles. The number of nitrogens with zero attached hydrogens (tertiary/aromatic N) is 4. The highest BCUT2D eigenvalue weighted by molar-refractivity contribution is 14.0. The molecule has 1 saturated heterocycles. The number of morpholine rings is 1. The van der Waals surface area contributed by atoms with Gasteiger partial charge < -0.3 is 15.0 Å². The van der Waals surface area contributed by atoms with E-state index in [1.165, 1.54) is 16.7 Å². The summed E-state index contributed by atoms with van der Waals surface area (Å²) in [6.07, 6.45) is 5.04. The second kappa shape index (κ2) is 11.4. The second-order valence-electron chi connectivity index (χ2n) is 7.03. The van der Waals surface area contributed by atoms with Gasteiger partial charge in [0, 0.05) is 32.4 Å². The van der Waals surface area contributed by atoms with Crippen molar-refractivity contribution in [3.63, 3.8) is 0 Å². The highest BCUT2D eigenvalue weighted by Crippen LogP contribution is 2.24. The largest absolute Gasteiger partial charge is 0.370 e. The fourth-order valence-corrected chi connectivity index (χ4v) is 3.41. The molecule has 1 fully saturated rings. The van der Waals surface area contributed by atoms with Crippen LogP contribution in [0.5, 0.6) is 0 Å². The predicted molar refractivity (Wildman–Crippen MR) is 124 cm³/mol. The van der Waals surface area contributed by atoms with Crippen LogP contribution in [0.15, 0.2) is 41.7 Å². The Morgan fingerprint density at radius 2 is 2.14 bits per heavy atom. The molecule has 3 rings (SSSR count). The van der Waals surface area contributed by atoms with E-state index in [0.717, 1.165) is 51.7 Å². The zero-order valence-electron chi connectivity index (χ0n) is 17.1. The molecule has 1 unspecified atom stereocenters. The number of benzene rings is 1. The summed E-state index contributed by atoms with van der Waals surface area (Å²) in [5, 5.41) is 7.78. The Morgan fingerprint density at radius 3 is 2.86 bits per heavy atom. The number of rotatable bonds is 6. The zero-order chi connectivity index (χ0) is 19.1. The SMILES string of the molecule is CCNC(=NCCCn1cc(C)cn1)N1CCOC(c2ccccc2C)C1.I. The Kier molecular flexibility index (Phi) is 9.24. The van der Waals surface area contributed by atoms with E-state index >= 15 is 0 Å². The summed E-state index contributed by atoms with van der Waals surface area (Å²) in [6, 6.07) is 8.47. The minimum atomic E-state index is 0. The third-order valence-corrected chi connectivity index (χ3v) is 4.81. The highest BCUT2D eigenvalue weighted by atomic mass is 127. The van der Waals surface area contributed by atoms with E-state index in [4.69, 9.17) is 9.73 Å². The number of aliphatic imine (C=N–C) groups is 1. The number of ether oxygens (including phenoxy) is 1. The maximum absolute atomic E-state index is 6.05. The lowest BCUT2D eigenvalue weighted by Crippen LogP contribution is -2.48. The first-order valence-electron chi connectivity index (χ1n) is 9.87. The number of halogens is 1. The van der Waals surface area contributed by atoms with E-state index in [1.54, 1.807) is 0 Å². The molecular weight excluding hydrogens is 465 g/mol. The Bertz CT molecular complexity index is 761. The summed E-state index contributed by atoms with van der Waals surface area (Å²) in [6.45, 7) is 11.3. The van der Waals surface area contributed by atoms with Crippen molar-refractivity contribution in [1.82, 2.24) is 20.0 Å². The standard InChI is InChI=1S/C21H31N5O.HI/c1-4-22-21(23-10-7-11-26-15-17(2)14-24-26)25-12-13-27-20(16-25)19-9-6-5-8-18(19)3;/h5-6,8-9,14-15,20H,4,7,10-13,16H2,1-3H3,(H,22,23);1H. The van der Waals surface area contributed by atoms with Crippen LogP contribution in [0.4, 0.5) is 0 Å². The molecule has 2 heterocycles. The van der Waals surface area contributed by atoms with Crippen LogP contribution < -0.4 is 5.32 Å². The van der Waals surface area contributed by atoms with Crippen molar-refractivity contribution in [2.45, 2.75) is 39.8 Å². The van der Waals surface area contributed by atoms with E-state index in [-0.39, 0.29) is 30.1 Å². The molecule has 1 N–H and O–H groups in total. The van der Waals surface area contributed by atoms with Gasteiger partial charge in [0.05, 0.1) is 19.3 Å². The summed E-state index contributed by atoms with van der Waals surface area (Å²) in [4.78, 5) is 7.17. The van der Waals surface area contributed by atoms with Gasteiger partial charge in [0.2, 0.25) is 0 Å². The Labute approximate surface area is 185 Å². The van der Waals surface area contributed by atoms with Crippen molar-refractivity contribution in [1.29, 1.82) is 0 Å². The molecule has 0 radical (unpaired) electrons. The van der Waals surface area contributed by atoms with E-state index in [0.29, 0.717) is 0 Å². The number of hydrogen-bond donors (Lipinski definition) is 1. The topological polar surface area (TPSA) is 54.7 Å². The fraction of sp³-hybridized carbons (Fsp3) is 0.524. The number of aromatic nitrogens is 2. The molecule has 28 heavy (non-hydrogen) atoms. The minimum absolute atomic E-state index is 0. The molecule has 1 aliphatic rings. The zero-order valence-corrected chi connectivity index (χ0v) is 19.4. The van der Waals surface area contributed by atoms with Crippen molar-refractivity contribution in [2.24, 2.45) is 4.99 Å². The number of aryl methyl sites for hydroxylation is 3. The van der Waals surface area contributed by atoms with Crippen LogP contribution in [0.1, 0.15) is 36.1 Å². The Balaban J connectivity index is 0.00000280. The first-order chi connectivity index (χ1) is 13.2. The average Bonchev–Trinajstić information content (AvgIpc) is 3.10. The van der Waals surface area contributed by atoms with Crippen molar-refractivity contribution < 1.29 is 4.74 Å². The van der Waals surface area contributed by atoms with Gasteiger partial charge in [0.1, 0.15) is 6.10 Å². The molecule has 0 saturated carbocycles. The first kappa shape index (κ1) is 22.7. The molecule has 0 aliphatic carbocycles. The Morgan fingerprint density at radius 1 is 1.32 bits per heavy atom. The lowest BCUT2D eigenvalue weighted by atomic mass is 10.0. The van der Waals surface area contributed by atoms with Crippen molar-refractivity contribution in [2.75, 3.05) is 32.8 Å². The molecule has 2 aromatic rings. The van der Waals surface area contributed by atoms with Crippen LogP contribution in [0.25, 0.3) is 0 Å². The second-order valence-corrected chi connectivity index (χ2v) is 7.03. The molecule has 6 nitrogen and oxygen atoms in total. The van der Waals surface area contributed by atoms with Gasteiger partial charge in [0.25, 0.3) is 0 Å². The van der Waals surface area contributed by atoms with Crippen LogP contribution in [-0.4, -0.2) is 53.4 Å². The summed E-state index contributed by atoms with van der Waals surface area (Å²) in [5.41, 5.74) is 3.75. The molecule has 7 heteroatoms. The highest BCUT2D eigenvalue weighted by Gasteiger charge is 2.25. The molecule has 1 aliphatic heterocycles. The maximum atomic E-state index is 6.05. The van der Waals surface area contributed by atoms with E-state index < -0.39 is 0 Å². The molecule has 154 valence electrons. The summed E-state index contributed by atoms with van der Waals surface area (Å²) in [7, 11) is 0. The van der Waals surface area contributed by atoms with Crippen molar-refractivity contribution in [3.05, 3.63) is 53.3 Å². The third kappa shape index (κ3) is 6.20. The van der Waals surface area contributed by atoms with Gasteiger partial charge in [0.15, 0.2) is 5.96 Å². The Hall–Kier alpha value is -1.61. The van der Waals surface area contributed by atoms with Gasteiger partial charge in [-0.05, 0) is 43.9 Å². The predicted octanol–water partition coefficient (Wildman–Crippen LogP) is 3.55. The van der Waals surface area contributed by atoms with Gasteiger partial charge in [-0.2, -0.15) is 5.10 Å². The summed E-state index contributed by atoms with van der Waals surface area (Å²) < 4.78 is 8.04. The molecule has 1 atom stereocenters. The van der Waals surface area contributed by atoms with Gasteiger partial charge in [-0.1, -0.05) is 24.3 Å². The summed E-state index contributed by atoms with van der Waals surface area (Å²) >= 11 is 0. The summed E-state index contributed by atoms with van der Waals surface area (Å²) in [5.74, 6) is 0.982. The smallest absolute Gasteiger partial charge is 0.194 e. The lowest BCUT2D eigenvalue weighted by molar-refractivity contribution is -0.00832. The number of nitrogens with one attached hydrogen (secondary N) is 1. The van der Waals surface area contributed by atoms with Crippen LogP contribution in [0.3, 0.4) is 0 Å². The molecule has 0 amide bonds. The van der Waals surface area contributed by atoms with E-state index in [9.17, 15) is 0 Å². The van der Waals surface area contributed by atoms with Crippen LogP contribution in [-0.2, 0) is 11.3 Å². The lowest BCUT2D eigenvalue weighted by Gasteiger charge is -2.35. The molecule has 0 bridgehead atoms. The number of hydrogen-bond acceptors (Lipinski definition) is 3. The third-order valence-electron chi connectivity index (χ3n) is 4.81. The van der Waals surface area contributed by atoms with Gasteiger partial charge in [-0.25, -0.2) is 0 Å². The molecular formula is C21H32IN5O. The molecule has 0 spiro atoms. The van der Waals surface area contributed by atoms with Crippen molar-refractivity contribution >= 4 is 29.9 Å². The molecule has 1 aromatic heterocycles. The minimum Gasteiger partial charge on any atom is -0.370 e. The quantitative estimate of drug-likeness (QED) is 0.287. The number of guanidine groups is 1. The van der Waals surface area contributed by atoms with Gasteiger partial charge in [-0.3, -0.25) is 9.67 Å². The fourth-order valence-electron chi connectivity index (χ4n) is 3.41. The normalized spacial score (nSPS) is 17.3. The van der Waals surface area contributed by atoms with Gasteiger partial charge in [-0.15, -0.1) is 24.0 Å². The van der Waals surface area contributed by atoms with Crippen molar-refractivity contribution in [3.8, 4) is 0 Å². The van der Waals surface area contributed by atoms with Crippen LogP contribution in [0, 0.1) is 13.8 Å². The van der Waals surface area contributed by atoms with Crippen LogP contribution in [0.2, 0.25) is 0 Å². The monoisotopic (exact) mass is 497 g/mol. The average molecular weight is 497 g/mol. The van der Waals surface area contributed by atoms with E-state index in [1.807, 2.05) is 10.9 Å². The van der Waals surface area contributed by atoms with Crippen LogP contribution >= 0.6 is 24.0 Å². The first-order valence-corrected chi connectivity index (χ1v) is 9.87. The maximum Gasteiger partial charge on any atom is 0.194 e. The van der Waals surface area contributed by atoms with Gasteiger partial charge >= 0.3 is 0 Å².